The molecule has 0 rings (SSSR count). The predicted molar refractivity (Wildman–Crippen MR) is 46.9 cm³/mol. The van der Waals surface area contributed by atoms with Crippen LogP contribution in [0.5, 0.6) is 0 Å². The van der Waals surface area contributed by atoms with Gasteiger partial charge in [-0.2, -0.15) is 0 Å². The third kappa shape index (κ3) is 7.28. The van der Waals surface area contributed by atoms with Crippen LogP contribution >= 0.6 is 0 Å². The smallest absolute Gasteiger partial charge is 0.306 e. The van der Waals surface area contributed by atoms with Crippen molar-refractivity contribution in [3.63, 3.8) is 0 Å². The Labute approximate surface area is 72.7 Å². The number of allylic oxidation sites excluding steroid dienone is 1. The first-order valence-electron chi connectivity index (χ1n) is 4.23. The first kappa shape index (κ1) is 11.2. The van der Waals surface area contributed by atoms with Crippen molar-refractivity contribution in [1.82, 2.24) is 0 Å². The Bertz CT molecular complexity index is 152. The summed E-state index contributed by atoms with van der Waals surface area (Å²) in [6, 6.07) is 0. The third-order valence-corrected chi connectivity index (χ3v) is 1.47. The second-order valence-corrected chi connectivity index (χ2v) is 2.74. The van der Waals surface area contributed by atoms with Crippen LogP contribution in [0.15, 0.2) is 12.2 Å². The number of unbranched alkanes of at least 4 members (excludes halogenated alkanes) is 2. The minimum atomic E-state index is -0.970. The van der Waals surface area contributed by atoms with E-state index in [0.717, 1.165) is 19.3 Å². The van der Waals surface area contributed by atoms with Gasteiger partial charge in [0.2, 0.25) is 0 Å². The molecule has 0 aliphatic heterocycles. The Morgan fingerprint density at radius 1 is 1.58 bits per heavy atom. The Balaban J connectivity index is 3.46. The third-order valence-electron chi connectivity index (χ3n) is 1.47. The van der Waals surface area contributed by atoms with Crippen molar-refractivity contribution in [3.05, 3.63) is 12.2 Å². The fourth-order valence-electron chi connectivity index (χ4n) is 0.822. The van der Waals surface area contributed by atoms with Crippen molar-refractivity contribution in [2.24, 2.45) is 0 Å². The van der Waals surface area contributed by atoms with Gasteiger partial charge in [-0.15, -0.1) is 0 Å². The largest absolute Gasteiger partial charge is 0.481 e. The van der Waals surface area contributed by atoms with E-state index in [1.54, 1.807) is 6.08 Å². The molecular formula is C9H16O3. The van der Waals surface area contributed by atoms with E-state index in [0.29, 0.717) is 0 Å². The lowest BCUT2D eigenvalue weighted by molar-refractivity contribution is -0.138. The molecule has 0 aromatic rings. The van der Waals surface area contributed by atoms with E-state index in [1.165, 1.54) is 0 Å². The van der Waals surface area contributed by atoms with Gasteiger partial charge >= 0.3 is 5.97 Å². The predicted octanol–water partition coefficient (Wildman–Crippen LogP) is 1.57. The van der Waals surface area contributed by atoms with Gasteiger partial charge in [-0.3, -0.25) is 4.79 Å². The fourth-order valence-corrected chi connectivity index (χ4v) is 0.822. The Morgan fingerprint density at radius 3 is 2.75 bits per heavy atom. The molecule has 3 heteroatoms. The molecule has 0 aromatic carbocycles. The molecule has 70 valence electrons. The molecule has 0 aromatic heterocycles. The maximum Gasteiger partial charge on any atom is 0.306 e. The number of aliphatic hydroxyl groups excluding tert-OH is 1. The van der Waals surface area contributed by atoms with E-state index < -0.39 is 12.1 Å². The SMILES string of the molecule is CCCCC=CC(O)CC(=O)O. The van der Waals surface area contributed by atoms with Crippen molar-refractivity contribution in [3.8, 4) is 0 Å². The van der Waals surface area contributed by atoms with Gasteiger partial charge in [0.15, 0.2) is 0 Å². The topological polar surface area (TPSA) is 57.5 Å². The van der Waals surface area contributed by atoms with Crippen LogP contribution in [-0.4, -0.2) is 22.3 Å². The van der Waals surface area contributed by atoms with Gasteiger partial charge in [0.05, 0.1) is 12.5 Å². The van der Waals surface area contributed by atoms with Gasteiger partial charge in [0.1, 0.15) is 0 Å². The molecule has 12 heavy (non-hydrogen) atoms. The highest BCUT2D eigenvalue weighted by molar-refractivity contribution is 5.67. The number of aliphatic carboxylic acids is 1. The summed E-state index contributed by atoms with van der Waals surface area (Å²) in [5.41, 5.74) is 0. The maximum absolute atomic E-state index is 10.1. The highest BCUT2D eigenvalue weighted by atomic mass is 16.4. The molecule has 0 heterocycles. The maximum atomic E-state index is 10.1. The van der Waals surface area contributed by atoms with E-state index in [1.807, 2.05) is 6.08 Å². The van der Waals surface area contributed by atoms with Gasteiger partial charge in [-0.25, -0.2) is 0 Å². The van der Waals surface area contributed by atoms with E-state index in [9.17, 15) is 4.79 Å². The molecule has 0 amide bonds. The molecule has 0 fully saturated rings. The average molecular weight is 172 g/mol. The zero-order valence-electron chi connectivity index (χ0n) is 7.36. The van der Waals surface area contributed by atoms with E-state index in [-0.39, 0.29) is 6.42 Å². The molecule has 1 unspecified atom stereocenters. The first-order valence-corrected chi connectivity index (χ1v) is 4.23. The van der Waals surface area contributed by atoms with E-state index in [4.69, 9.17) is 10.2 Å². The summed E-state index contributed by atoms with van der Waals surface area (Å²) in [4.78, 5) is 10.1. The van der Waals surface area contributed by atoms with Gasteiger partial charge in [0, 0.05) is 0 Å². The molecular weight excluding hydrogens is 156 g/mol. The van der Waals surface area contributed by atoms with Crippen molar-refractivity contribution in [1.29, 1.82) is 0 Å². The van der Waals surface area contributed by atoms with Gasteiger partial charge in [-0.05, 0) is 6.42 Å². The molecule has 2 N–H and O–H groups in total. The molecule has 0 aliphatic rings. The van der Waals surface area contributed by atoms with Crippen LogP contribution in [0.25, 0.3) is 0 Å². The lowest BCUT2D eigenvalue weighted by Crippen LogP contribution is -2.09. The quantitative estimate of drug-likeness (QED) is 0.472. The lowest BCUT2D eigenvalue weighted by atomic mass is 10.2. The number of rotatable bonds is 6. The summed E-state index contributed by atoms with van der Waals surface area (Å²) in [6.45, 7) is 2.08. The molecule has 3 nitrogen and oxygen atoms in total. The number of hydrogen-bond donors (Lipinski definition) is 2. The lowest BCUT2D eigenvalue weighted by Gasteiger charge is -1.99. The van der Waals surface area contributed by atoms with Crippen LogP contribution in [0.2, 0.25) is 0 Å². The molecule has 1 atom stereocenters. The zero-order chi connectivity index (χ0) is 9.40. The highest BCUT2D eigenvalue weighted by Gasteiger charge is 2.03. The normalized spacial score (nSPS) is 13.5. The van der Waals surface area contributed by atoms with Crippen molar-refractivity contribution >= 4 is 5.97 Å². The summed E-state index contributed by atoms with van der Waals surface area (Å²) in [6.07, 6.45) is 5.44. The van der Waals surface area contributed by atoms with E-state index in [2.05, 4.69) is 6.92 Å². The number of aliphatic hydroxyl groups is 1. The van der Waals surface area contributed by atoms with Gasteiger partial charge < -0.3 is 10.2 Å². The van der Waals surface area contributed by atoms with Crippen LogP contribution in [-0.2, 0) is 4.79 Å². The number of carbonyl (C=O) groups is 1. The van der Waals surface area contributed by atoms with Crippen molar-refractivity contribution in [2.75, 3.05) is 0 Å². The minimum Gasteiger partial charge on any atom is -0.481 e. The minimum absolute atomic E-state index is 0.206. The molecule has 0 bridgehead atoms. The molecule has 0 spiro atoms. The van der Waals surface area contributed by atoms with Crippen molar-refractivity contribution < 1.29 is 15.0 Å². The zero-order valence-corrected chi connectivity index (χ0v) is 7.36. The number of carboxylic acid groups (broad SMARTS) is 1. The van der Waals surface area contributed by atoms with Gasteiger partial charge in [0.25, 0.3) is 0 Å². The second-order valence-electron chi connectivity index (χ2n) is 2.74. The Morgan fingerprint density at radius 2 is 2.25 bits per heavy atom. The van der Waals surface area contributed by atoms with Crippen LogP contribution in [0, 0.1) is 0 Å². The summed E-state index contributed by atoms with van der Waals surface area (Å²) in [7, 11) is 0. The number of hydrogen-bond acceptors (Lipinski definition) is 2. The molecule has 0 saturated carbocycles. The molecule has 0 radical (unpaired) electrons. The van der Waals surface area contributed by atoms with Crippen LogP contribution in [0.1, 0.15) is 32.6 Å². The summed E-state index contributed by atoms with van der Waals surface area (Å²) >= 11 is 0. The first-order chi connectivity index (χ1) is 5.66. The standard InChI is InChI=1S/C9H16O3/c1-2-3-4-5-6-8(10)7-9(11)12/h5-6,8,10H,2-4,7H2,1H3,(H,11,12). The molecule has 0 aliphatic carbocycles. The average Bonchev–Trinajstić information content (AvgIpc) is 1.97. The van der Waals surface area contributed by atoms with Crippen LogP contribution < -0.4 is 0 Å². The van der Waals surface area contributed by atoms with Crippen molar-refractivity contribution in [2.45, 2.75) is 38.7 Å². The number of carboxylic acids is 1. The second kappa shape index (κ2) is 6.85. The summed E-state index contributed by atoms with van der Waals surface area (Å²) in [5.74, 6) is -0.970. The monoisotopic (exact) mass is 172 g/mol. The Hall–Kier alpha value is -0.830. The fraction of sp³-hybridized carbons (Fsp3) is 0.667. The Kier molecular flexibility index (Phi) is 6.38. The van der Waals surface area contributed by atoms with E-state index >= 15 is 0 Å². The summed E-state index contributed by atoms with van der Waals surface area (Å²) in [5, 5.41) is 17.3. The molecule has 0 saturated heterocycles. The highest BCUT2D eigenvalue weighted by Crippen LogP contribution is 1.98. The summed E-state index contributed by atoms with van der Waals surface area (Å²) < 4.78 is 0. The van der Waals surface area contributed by atoms with Crippen LogP contribution in [0.4, 0.5) is 0 Å². The van der Waals surface area contributed by atoms with Gasteiger partial charge in [-0.1, -0.05) is 31.9 Å². The van der Waals surface area contributed by atoms with Crippen LogP contribution in [0.3, 0.4) is 0 Å².